The SMILES string of the molecule is CC(=O)c1ccc2c(c1)CN(CCCC[As]C(=O)c1ccc(-c3ccccc3)cc1)CC2. The van der Waals surface area contributed by atoms with Crippen molar-refractivity contribution < 1.29 is 9.59 Å². The molecule has 1 radical (unpaired) electrons. The summed E-state index contributed by atoms with van der Waals surface area (Å²) in [5, 5.41) is 1.02. The first-order chi connectivity index (χ1) is 15.6. The van der Waals surface area contributed by atoms with E-state index in [-0.39, 0.29) is 21.5 Å². The van der Waals surface area contributed by atoms with Crippen molar-refractivity contribution in [1.82, 2.24) is 4.90 Å². The van der Waals surface area contributed by atoms with Gasteiger partial charge in [-0.15, -0.1) is 0 Å². The van der Waals surface area contributed by atoms with Crippen molar-refractivity contribution in [2.45, 2.75) is 37.9 Å². The van der Waals surface area contributed by atoms with E-state index in [1.165, 1.54) is 16.7 Å². The topological polar surface area (TPSA) is 37.4 Å². The van der Waals surface area contributed by atoms with E-state index in [0.29, 0.717) is 4.57 Å². The summed E-state index contributed by atoms with van der Waals surface area (Å²) in [4.78, 5) is 26.7. The minimum atomic E-state index is -0.305. The van der Waals surface area contributed by atoms with Gasteiger partial charge in [0.05, 0.1) is 0 Å². The monoisotopic (exact) mass is 486 g/mol. The van der Waals surface area contributed by atoms with E-state index in [1.54, 1.807) is 6.92 Å². The molecule has 0 atom stereocenters. The van der Waals surface area contributed by atoms with Crippen molar-refractivity contribution in [2.75, 3.05) is 13.1 Å². The first-order valence-corrected chi connectivity index (χ1v) is 13.6. The van der Waals surface area contributed by atoms with Crippen LogP contribution in [0, 0.1) is 0 Å². The van der Waals surface area contributed by atoms with Crippen molar-refractivity contribution in [3.05, 3.63) is 95.1 Å². The van der Waals surface area contributed by atoms with E-state index in [9.17, 15) is 9.59 Å². The average molecular weight is 486 g/mol. The fourth-order valence-electron chi connectivity index (χ4n) is 4.18. The molecule has 3 nitrogen and oxygen atoms in total. The standard InChI is InChI=1S/C28H29AsNO2/c1-21(31)26-14-11-24-15-18-30(20-27(24)19-26)17-6-5-16-29-28(32)25-12-9-23(10-13-25)22-7-3-2-4-8-22/h2-4,7-14,19H,5-6,15-18,20H2,1H3. The molecule has 32 heavy (non-hydrogen) atoms. The molecule has 1 heterocycles. The number of hydrogen-bond donors (Lipinski definition) is 0. The van der Waals surface area contributed by atoms with Gasteiger partial charge in [-0.2, -0.15) is 0 Å². The molecule has 0 saturated carbocycles. The molecular formula is C28H29AsNO2. The predicted molar refractivity (Wildman–Crippen MR) is 131 cm³/mol. The molecule has 0 spiro atoms. The Morgan fingerprint density at radius 3 is 2.31 bits per heavy atom. The quantitative estimate of drug-likeness (QED) is 0.223. The Balaban J connectivity index is 1.19. The van der Waals surface area contributed by atoms with Gasteiger partial charge in [-0.25, -0.2) is 0 Å². The Kier molecular flexibility index (Phi) is 7.73. The third-order valence-corrected chi connectivity index (χ3v) is 8.36. The van der Waals surface area contributed by atoms with Crippen molar-refractivity contribution in [2.24, 2.45) is 0 Å². The molecule has 1 aliphatic rings. The number of carbonyl (C=O) groups is 2. The Bertz CT molecular complexity index is 1080. The normalized spacial score (nSPS) is 13.9. The van der Waals surface area contributed by atoms with E-state index in [0.717, 1.165) is 60.8 Å². The second kappa shape index (κ2) is 10.9. The molecule has 0 aromatic heterocycles. The third-order valence-electron chi connectivity index (χ3n) is 6.08. The van der Waals surface area contributed by atoms with Gasteiger partial charge in [0.2, 0.25) is 0 Å². The molecule has 0 saturated heterocycles. The van der Waals surface area contributed by atoms with E-state index >= 15 is 0 Å². The second-order valence-electron chi connectivity index (χ2n) is 8.40. The Morgan fingerprint density at radius 1 is 0.844 bits per heavy atom. The first-order valence-electron chi connectivity index (χ1n) is 11.3. The maximum absolute atomic E-state index is 12.6. The van der Waals surface area contributed by atoms with Gasteiger partial charge in [-0.05, 0) is 0 Å². The van der Waals surface area contributed by atoms with Crippen molar-refractivity contribution in [3.8, 4) is 11.1 Å². The van der Waals surface area contributed by atoms with Gasteiger partial charge >= 0.3 is 198 Å². The van der Waals surface area contributed by atoms with Crippen LogP contribution in [-0.2, 0) is 13.0 Å². The number of unbranched alkanes of at least 4 members (excludes halogenated alkanes) is 1. The van der Waals surface area contributed by atoms with E-state index in [1.807, 2.05) is 36.4 Å². The number of fused-ring (bicyclic) bond motifs is 1. The van der Waals surface area contributed by atoms with Gasteiger partial charge in [0, 0.05) is 0 Å². The van der Waals surface area contributed by atoms with E-state index in [2.05, 4.69) is 41.3 Å². The van der Waals surface area contributed by atoms with Crippen LogP contribution in [0.25, 0.3) is 11.1 Å². The Labute approximate surface area is 197 Å². The summed E-state index contributed by atoms with van der Waals surface area (Å²) in [6, 6.07) is 24.4. The number of nitrogens with zero attached hydrogens (tertiary/aromatic N) is 1. The van der Waals surface area contributed by atoms with E-state index in [4.69, 9.17) is 0 Å². The van der Waals surface area contributed by atoms with Crippen LogP contribution in [0.1, 0.15) is 51.6 Å². The predicted octanol–water partition coefficient (Wildman–Crippen LogP) is 5.66. The Morgan fingerprint density at radius 2 is 1.56 bits per heavy atom. The molecule has 3 aromatic rings. The van der Waals surface area contributed by atoms with E-state index < -0.39 is 0 Å². The zero-order valence-corrected chi connectivity index (χ0v) is 20.5. The second-order valence-corrected chi connectivity index (χ2v) is 10.9. The van der Waals surface area contributed by atoms with Crippen LogP contribution in [-0.4, -0.2) is 44.1 Å². The number of rotatable bonds is 9. The molecule has 0 bridgehead atoms. The average Bonchev–Trinajstić information content (AvgIpc) is 2.84. The third kappa shape index (κ3) is 5.85. The maximum atomic E-state index is 12.6. The number of hydrogen-bond acceptors (Lipinski definition) is 3. The number of ketones is 1. The summed E-state index contributed by atoms with van der Waals surface area (Å²) in [5.41, 5.74) is 6.66. The van der Waals surface area contributed by atoms with Crippen LogP contribution in [0.3, 0.4) is 0 Å². The molecule has 0 N–H and O–H groups in total. The van der Waals surface area contributed by atoms with Gasteiger partial charge < -0.3 is 0 Å². The zero-order chi connectivity index (χ0) is 22.3. The van der Waals surface area contributed by atoms with Gasteiger partial charge in [-0.3, -0.25) is 0 Å². The number of carbonyl (C=O) groups excluding carboxylic acids is 2. The van der Waals surface area contributed by atoms with Crippen LogP contribution in [0.15, 0.2) is 72.8 Å². The zero-order valence-electron chi connectivity index (χ0n) is 18.6. The molecule has 0 amide bonds. The van der Waals surface area contributed by atoms with Gasteiger partial charge in [-0.1, -0.05) is 0 Å². The summed E-state index contributed by atoms with van der Waals surface area (Å²) in [6.45, 7) is 4.69. The molecule has 3 aromatic carbocycles. The first kappa shape index (κ1) is 22.7. The molecule has 0 unspecified atom stereocenters. The van der Waals surface area contributed by atoms with Crippen LogP contribution >= 0.6 is 0 Å². The molecule has 4 rings (SSSR count). The molecular weight excluding hydrogens is 457 g/mol. The fourth-order valence-corrected chi connectivity index (χ4v) is 6.10. The molecule has 4 heteroatoms. The van der Waals surface area contributed by atoms with Crippen molar-refractivity contribution >= 4 is 26.1 Å². The number of Topliss-reactive ketones (excluding diaryl/α,β-unsaturated/α-hetero) is 1. The van der Waals surface area contributed by atoms with Crippen LogP contribution < -0.4 is 0 Å². The van der Waals surface area contributed by atoms with Gasteiger partial charge in [0.25, 0.3) is 0 Å². The van der Waals surface area contributed by atoms with Gasteiger partial charge in [0.1, 0.15) is 0 Å². The molecule has 163 valence electrons. The minimum absolute atomic E-state index is 0.132. The van der Waals surface area contributed by atoms with Crippen LogP contribution in [0.2, 0.25) is 5.21 Å². The Hall–Kier alpha value is -2.48. The summed E-state index contributed by atoms with van der Waals surface area (Å²) in [5.74, 6) is 0.132. The van der Waals surface area contributed by atoms with Gasteiger partial charge in [0.15, 0.2) is 0 Å². The molecule has 0 aliphatic carbocycles. The molecule has 1 aliphatic heterocycles. The summed E-state index contributed by atoms with van der Waals surface area (Å²) in [7, 11) is 0. The van der Waals surface area contributed by atoms with Crippen molar-refractivity contribution in [3.63, 3.8) is 0 Å². The summed E-state index contributed by atoms with van der Waals surface area (Å²) in [6.07, 6.45) is 3.28. The number of benzene rings is 3. The van der Waals surface area contributed by atoms with Crippen molar-refractivity contribution in [1.29, 1.82) is 0 Å². The molecule has 0 fully saturated rings. The van der Waals surface area contributed by atoms with Crippen LogP contribution in [0.5, 0.6) is 0 Å². The summed E-state index contributed by atoms with van der Waals surface area (Å²) >= 11 is -0.305. The summed E-state index contributed by atoms with van der Waals surface area (Å²) < 4.78 is 0.324. The van der Waals surface area contributed by atoms with Crippen LogP contribution in [0.4, 0.5) is 0 Å². The fraction of sp³-hybridized carbons (Fsp3) is 0.286.